The quantitative estimate of drug-likeness (QED) is 0.736. The largest absolute Gasteiger partial charge is 0.421 e. The lowest BCUT2D eigenvalue weighted by molar-refractivity contribution is -0.136. The van der Waals surface area contributed by atoms with Crippen LogP contribution in [0.15, 0.2) is 33.5 Å². The van der Waals surface area contributed by atoms with Crippen molar-refractivity contribution in [3.05, 3.63) is 40.2 Å². The van der Waals surface area contributed by atoms with Crippen molar-refractivity contribution in [2.45, 2.75) is 6.18 Å². The average molecular weight is 257 g/mol. The van der Waals surface area contributed by atoms with Gasteiger partial charge in [0.15, 0.2) is 0 Å². The average Bonchev–Trinajstić information content (AvgIpc) is 2.25. The highest BCUT2D eigenvalue weighted by Gasteiger charge is 2.38. The van der Waals surface area contributed by atoms with E-state index in [1.807, 2.05) is 0 Å². The molecule has 0 radical (unpaired) electrons. The molecule has 0 aliphatic carbocycles. The van der Waals surface area contributed by atoms with Crippen LogP contribution < -0.4 is 10.5 Å². The number of rotatable bonds is 1. The lowest BCUT2D eigenvalue weighted by atomic mass is 10.1. The van der Waals surface area contributed by atoms with Crippen LogP contribution in [0, 0.1) is 0 Å². The van der Waals surface area contributed by atoms with Gasteiger partial charge in [0.25, 0.3) is 0 Å². The maximum absolute atomic E-state index is 13.1. The number of benzene rings is 1. The van der Waals surface area contributed by atoms with Gasteiger partial charge in [-0.05, 0) is 6.07 Å². The Labute approximate surface area is 100 Å². The third-order valence-electron chi connectivity index (χ3n) is 2.52. The van der Waals surface area contributed by atoms with Gasteiger partial charge in [0.2, 0.25) is 0 Å². The fourth-order valence-corrected chi connectivity index (χ4v) is 1.83. The highest BCUT2D eigenvalue weighted by Crippen LogP contribution is 2.39. The zero-order valence-electron chi connectivity index (χ0n) is 9.71. The molecule has 1 heterocycles. The van der Waals surface area contributed by atoms with Crippen molar-refractivity contribution in [3.63, 3.8) is 0 Å². The Morgan fingerprint density at radius 3 is 2.33 bits per heavy atom. The predicted molar refractivity (Wildman–Crippen MR) is 61.8 cm³/mol. The van der Waals surface area contributed by atoms with Crippen LogP contribution in [-0.2, 0) is 6.18 Å². The third kappa shape index (κ3) is 1.94. The molecule has 0 saturated carbocycles. The van der Waals surface area contributed by atoms with Gasteiger partial charge in [0, 0.05) is 19.5 Å². The first-order valence-electron chi connectivity index (χ1n) is 5.12. The Balaban J connectivity index is 3.00. The van der Waals surface area contributed by atoms with Crippen molar-refractivity contribution in [3.8, 4) is 0 Å². The lowest BCUT2D eigenvalue weighted by Gasteiger charge is -2.18. The van der Waals surface area contributed by atoms with Gasteiger partial charge in [-0.2, -0.15) is 13.2 Å². The van der Waals surface area contributed by atoms with Gasteiger partial charge in [-0.15, -0.1) is 0 Å². The summed E-state index contributed by atoms with van der Waals surface area (Å²) in [5.74, 6) is 0. The predicted octanol–water partition coefficient (Wildman–Crippen LogP) is 2.88. The number of alkyl halides is 3. The number of halogens is 3. The second-order valence-corrected chi connectivity index (χ2v) is 4.00. The molecule has 18 heavy (non-hydrogen) atoms. The maximum atomic E-state index is 13.1. The van der Waals surface area contributed by atoms with Crippen LogP contribution in [-0.4, -0.2) is 14.1 Å². The Morgan fingerprint density at radius 2 is 1.78 bits per heavy atom. The topological polar surface area (TPSA) is 33.5 Å². The second kappa shape index (κ2) is 4.04. The normalized spacial score (nSPS) is 11.8. The Bertz CT molecular complexity index is 644. The summed E-state index contributed by atoms with van der Waals surface area (Å²) in [6, 6.07) is 5.61. The first-order valence-corrected chi connectivity index (χ1v) is 5.12. The summed E-state index contributed by atoms with van der Waals surface area (Å²) in [4.78, 5) is 12.7. The smallest absolute Gasteiger partial charge is 0.419 e. The number of fused-ring (bicyclic) bond motifs is 1. The zero-order valence-corrected chi connectivity index (χ0v) is 9.71. The molecule has 2 aromatic rings. The van der Waals surface area contributed by atoms with Gasteiger partial charge in [0.05, 0.1) is 5.56 Å². The summed E-state index contributed by atoms with van der Waals surface area (Å²) in [6.45, 7) is 0. The van der Waals surface area contributed by atoms with Gasteiger partial charge in [-0.1, -0.05) is 18.2 Å². The molecule has 6 heteroatoms. The van der Waals surface area contributed by atoms with E-state index in [0.717, 1.165) is 4.90 Å². The van der Waals surface area contributed by atoms with E-state index >= 15 is 0 Å². The SMILES string of the molecule is CN(C)c1c(C(F)(F)F)c2ccccc2oc1=O. The lowest BCUT2D eigenvalue weighted by Crippen LogP contribution is -2.24. The van der Waals surface area contributed by atoms with Gasteiger partial charge < -0.3 is 9.32 Å². The van der Waals surface area contributed by atoms with Gasteiger partial charge >= 0.3 is 11.8 Å². The Morgan fingerprint density at radius 1 is 1.17 bits per heavy atom. The van der Waals surface area contributed by atoms with Gasteiger partial charge in [0.1, 0.15) is 11.3 Å². The molecule has 0 saturated heterocycles. The number of para-hydroxylation sites is 1. The maximum Gasteiger partial charge on any atom is 0.419 e. The first-order chi connectivity index (χ1) is 8.32. The molecular formula is C12H10F3NO2. The minimum atomic E-state index is -4.62. The molecule has 0 spiro atoms. The van der Waals surface area contributed by atoms with Crippen molar-refractivity contribution >= 4 is 16.7 Å². The minimum absolute atomic E-state index is 0.0691. The highest BCUT2D eigenvalue weighted by molar-refractivity contribution is 5.85. The molecule has 0 unspecified atom stereocenters. The van der Waals surface area contributed by atoms with E-state index in [1.54, 1.807) is 0 Å². The summed E-state index contributed by atoms with van der Waals surface area (Å²) in [5, 5.41) is -0.117. The molecule has 0 aliphatic rings. The molecule has 3 nitrogen and oxygen atoms in total. The molecule has 0 bridgehead atoms. The number of nitrogens with zero attached hydrogens (tertiary/aromatic N) is 1. The fourth-order valence-electron chi connectivity index (χ4n) is 1.83. The van der Waals surface area contributed by atoms with E-state index in [0.29, 0.717) is 0 Å². The molecule has 0 amide bonds. The van der Waals surface area contributed by atoms with E-state index in [4.69, 9.17) is 4.42 Å². The molecule has 0 atom stereocenters. The van der Waals surface area contributed by atoms with E-state index in [-0.39, 0.29) is 11.0 Å². The Kier molecular flexibility index (Phi) is 2.80. The van der Waals surface area contributed by atoms with Crippen LogP contribution in [0.3, 0.4) is 0 Å². The molecule has 1 aromatic carbocycles. The summed E-state index contributed by atoms with van der Waals surface area (Å²) < 4.78 is 44.2. The van der Waals surface area contributed by atoms with Crippen molar-refractivity contribution < 1.29 is 17.6 Å². The van der Waals surface area contributed by atoms with E-state index in [1.165, 1.54) is 38.4 Å². The second-order valence-electron chi connectivity index (χ2n) is 4.00. The van der Waals surface area contributed by atoms with E-state index in [2.05, 4.69) is 0 Å². The monoisotopic (exact) mass is 257 g/mol. The summed E-state index contributed by atoms with van der Waals surface area (Å²) >= 11 is 0. The van der Waals surface area contributed by atoms with Crippen LogP contribution in [0.2, 0.25) is 0 Å². The number of anilines is 1. The van der Waals surface area contributed by atoms with Crippen LogP contribution >= 0.6 is 0 Å². The van der Waals surface area contributed by atoms with Crippen LogP contribution in [0.5, 0.6) is 0 Å². The van der Waals surface area contributed by atoms with Crippen LogP contribution in [0.4, 0.5) is 18.9 Å². The third-order valence-corrected chi connectivity index (χ3v) is 2.52. The van der Waals surface area contributed by atoms with Gasteiger partial charge in [-0.25, -0.2) is 4.79 Å². The number of hydrogen-bond donors (Lipinski definition) is 0. The van der Waals surface area contributed by atoms with E-state index < -0.39 is 23.1 Å². The first kappa shape index (κ1) is 12.5. The Hall–Kier alpha value is -1.98. The van der Waals surface area contributed by atoms with Crippen molar-refractivity contribution in [1.29, 1.82) is 0 Å². The highest BCUT2D eigenvalue weighted by atomic mass is 19.4. The van der Waals surface area contributed by atoms with Crippen LogP contribution in [0.1, 0.15) is 5.56 Å². The zero-order chi connectivity index (χ0) is 13.5. The molecular weight excluding hydrogens is 247 g/mol. The molecule has 2 rings (SSSR count). The minimum Gasteiger partial charge on any atom is -0.421 e. The standard InChI is InChI=1S/C12H10F3NO2/c1-16(2)10-9(12(13,14)15)7-5-3-4-6-8(7)18-11(10)17/h3-6H,1-2H3. The summed E-state index contributed by atoms with van der Waals surface area (Å²) in [6.07, 6.45) is -4.62. The van der Waals surface area contributed by atoms with Crippen molar-refractivity contribution in [1.82, 2.24) is 0 Å². The van der Waals surface area contributed by atoms with Crippen molar-refractivity contribution in [2.24, 2.45) is 0 Å². The van der Waals surface area contributed by atoms with Gasteiger partial charge in [-0.3, -0.25) is 0 Å². The summed E-state index contributed by atoms with van der Waals surface area (Å²) in [7, 11) is 2.74. The molecule has 0 N–H and O–H groups in total. The molecule has 0 fully saturated rings. The molecule has 1 aromatic heterocycles. The van der Waals surface area contributed by atoms with Crippen molar-refractivity contribution in [2.75, 3.05) is 19.0 Å². The number of hydrogen-bond acceptors (Lipinski definition) is 3. The summed E-state index contributed by atoms with van der Waals surface area (Å²) in [5.41, 5.74) is -2.51. The van der Waals surface area contributed by atoms with E-state index in [9.17, 15) is 18.0 Å². The van der Waals surface area contributed by atoms with Crippen LogP contribution in [0.25, 0.3) is 11.0 Å². The molecule has 96 valence electrons. The molecule has 0 aliphatic heterocycles. The fraction of sp³-hybridized carbons (Fsp3) is 0.250.